The number of hydrogen-bond donors (Lipinski definition) is 1. The molecule has 0 unspecified atom stereocenters. The number of nitrogen functional groups attached to an aromatic ring is 1. The van der Waals surface area contributed by atoms with Crippen LogP contribution in [-0.4, -0.2) is 71.3 Å². The van der Waals surface area contributed by atoms with E-state index in [4.69, 9.17) is 10.2 Å². The van der Waals surface area contributed by atoms with E-state index in [0.29, 0.717) is 55.9 Å². The summed E-state index contributed by atoms with van der Waals surface area (Å²) in [4.78, 5) is 26.2. The summed E-state index contributed by atoms with van der Waals surface area (Å²) in [6.45, 7) is 6.21. The van der Waals surface area contributed by atoms with Gasteiger partial charge < -0.3 is 15.1 Å². The summed E-state index contributed by atoms with van der Waals surface area (Å²) < 4.78 is 23.7. The van der Waals surface area contributed by atoms with Crippen molar-refractivity contribution in [1.29, 1.82) is 0 Å². The molecule has 1 aliphatic rings. The smallest absolute Gasteiger partial charge is 0.309 e. The zero-order valence-corrected chi connectivity index (χ0v) is 21.3. The molecule has 0 atom stereocenters. The van der Waals surface area contributed by atoms with E-state index in [1.165, 1.54) is 4.52 Å². The van der Waals surface area contributed by atoms with Gasteiger partial charge in [-0.2, -0.15) is 9.50 Å². The summed E-state index contributed by atoms with van der Waals surface area (Å²) in [5, 5.41) is 5.42. The van der Waals surface area contributed by atoms with Gasteiger partial charge in [-0.1, -0.05) is 29.1 Å². The molecule has 36 heavy (non-hydrogen) atoms. The van der Waals surface area contributed by atoms with E-state index < -0.39 is 0 Å². The van der Waals surface area contributed by atoms with E-state index in [1.54, 1.807) is 29.0 Å². The Balaban J connectivity index is 1.19. The molecular formula is C23H23FN8O2SSi. The highest BCUT2D eigenvalue weighted by Crippen LogP contribution is 2.26. The number of rotatable bonds is 6. The predicted octanol–water partition coefficient (Wildman–Crippen LogP) is 1.68. The number of aromatic nitrogens is 5. The first-order chi connectivity index (χ1) is 17.5. The summed E-state index contributed by atoms with van der Waals surface area (Å²) >= 11 is 1.08. The highest BCUT2D eigenvalue weighted by atomic mass is 32.1. The second-order valence-corrected chi connectivity index (χ2v) is 10.6. The molecule has 0 aliphatic carbocycles. The maximum Gasteiger partial charge on any atom is 0.309 e. The number of nitrogens with zero attached hydrogens (tertiary/aromatic N) is 7. The maximum absolute atomic E-state index is 14.5. The van der Waals surface area contributed by atoms with Crippen LogP contribution in [0.1, 0.15) is 0 Å². The number of benzene rings is 1. The number of nitrogens with two attached hydrogens (primary N) is 1. The van der Waals surface area contributed by atoms with Gasteiger partial charge in [-0.3, -0.25) is 14.3 Å². The van der Waals surface area contributed by atoms with Gasteiger partial charge in [-0.25, -0.2) is 9.37 Å². The summed E-state index contributed by atoms with van der Waals surface area (Å²) in [5.41, 5.74) is 7.81. The monoisotopic (exact) mass is 522 g/mol. The summed E-state index contributed by atoms with van der Waals surface area (Å²) in [7, 11) is 0.578. The van der Waals surface area contributed by atoms with Crippen LogP contribution >= 0.6 is 11.3 Å². The molecule has 0 spiro atoms. The van der Waals surface area contributed by atoms with Gasteiger partial charge in [0.15, 0.2) is 17.1 Å². The Bertz CT molecular complexity index is 1600. The molecule has 1 aliphatic heterocycles. The van der Waals surface area contributed by atoms with Crippen LogP contribution in [0.4, 0.5) is 16.0 Å². The molecule has 0 amide bonds. The van der Waals surface area contributed by atoms with Gasteiger partial charge in [0.1, 0.15) is 10.5 Å². The van der Waals surface area contributed by atoms with Crippen molar-refractivity contribution in [2.45, 2.75) is 13.1 Å². The Kier molecular flexibility index (Phi) is 5.82. The lowest BCUT2D eigenvalue weighted by molar-refractivity contribution is 0.248. The van der Waals surface area contributed by atoms with Crippen molar-refractivity contribution in [2.75, 3.05) is 43.4 Å². The van der Waals surface area contributed by atoms with E-state index in [9.17, 15) is 9.18 Å². The first-order valence-corrected chi connectivity index (χ1v) is 13.9. The second kappa shape index (κ2) is 9.15. The van der Waals surface area contributed by atoms with Crippen LogP contribution in [0.2, 0.25) is 6.55 Å². The molecule has 4 aromatic heterocycles. The summed E-state index contributed by atoms with van der Waals surface area (Å²) in [6, 6.07) is 9.03. The lowest BCUT2D eigenvalue weighted by Gasteiger charge is -2.36. The molecule has 10 nitrogen and oxygen atoms in total. The fourth-order valence-corrected chi connectivity index (χ4v) is 5.96. The number of thiazole rings is 1. The van der Waals surface area contributed by atoms with E-state index in [0.717, 1.165) is 42.7 Å². The fraction of sp³-hybridized carbons (Fsp3) is 0.304. The van der Waals surface area contributed by atoms with Gasteiger partial charge in [-0.15, -0.1) is 5.10 Å². The molecule has 1 fully saturated rings. The van der Waals surface area contributed by atoms with E-state index in [2.05, 4.69) is 24.9 Å². The normalized spacial score (nSPS) is 14.9. The van der Waals surface area contributed by atoms with Crippen LogP contribution in [0, 0.1) is 5.82 Å². The van der Waals surface area contributed by atoms with Crippen molar-refractivity contribution in [3.63, 3.8) is 0 Å². The minimum absolute atomic E-state index is 0.120. The fourth-order valence-electron chi connectivity index (χ4n) is 4.51. The molecule has 0 bridgehead atoms. The molecule has 6 rings (SSSR count). The largest absolute Gasteiger partial charge is 0.461 e. The SMILES string of the molecule is C[Si]c1ccc(N2CCN(CCn3c(=O)sc4c3nc(N)n3nc(-c5ccco5)nc43)CC2)c(F)c1. The first-order valence-electron chi connectivity index (χ1n) is 11.6. The van der Waals surface area contributed by atoms with Crippen LogP contribution < -0.4 is 20.7 Å². The Hall–Kier alpha value is -3.55. The Morgan fingerprint density at radius 3 is 2.69 bits per heavy atom. The minimum Gasteiger partial charge on any atom is -0.461 e. The zero-order valence-electron chi connectivity index (χ0n) is 19.5. The summed E-state index contributed by atoms with van der Waals surface area (Å²) in [5.74, 6) is 0.885. The Labute approximate surface area is 211 Å². The highest BCUT2D eigenvalue weighted by molar-refractivity contribution is 7.17. The third kappa shape index (κ3) is 3.98. The number of anilines is 2. The number of fused-ring (bicyclic) bond motifs is 3. The molecule has 5 aromatic rings. The first kappa shape index (κ1) is 22.9. The standard InChI is InChI=1S/C23H23FN8O2SSi/c1-36-14-4-5-16(15(24)13-14)30-9-6-29(7-10-30)8-11-31-20-18(35-23(31)33)21-26-19(17-3-2-12-34-17)28-32(21)22(25)27-20/h2-5,12-13H,6-11H2,1H3,(H2,25,27). The number of hydrogen-bond acceptors (Lipinski definition) is 9. The van der Waals surface area contributed by atoms with Crippen LogP contribution in [0.25, 0.3) is 27.6 Å². The molecule has 2 N–H and O–H groups in total. The average Bonchev–Trinajstić information content (AvgIpc) is 3.62. The Morgan fingerprint density at radius 1 is 1.14 bits per heavy atom. The zero-order chi connectivity index (χ0) is 24.8. The molecule has 5 heterocycles. The number of furan rings is 1. The van der Waals surface area contributed by atoms with Crippen molar-refractivity contribution >= 4 is 53.7 Å². The van der Waals surface area contributed by atoms with Crippen LogP contribution in [0.5, 0.6) is 0 Å². The van der Waals surface area contributed by atoms with Gasteiger partial charge in [-0.05, 0) is 24.3 Å². The van der Waals surface area contributed by atoms with Gasteiger partial charge in [0, 0.05) is 39.3 Å². The van der Waals surface area contributed by atoms with E-state index in [1.807, 2.05) is 18.7 Å². The number of halogens is 1. The topological polar surface area (TPSA) is 111 Å². The highest BCUT2D eigenvalue weighted by Gasteiger charge is 2.22. The molecule has 0 saturated carbocycles. The molecular weight excluding hydrogens is 499 g/mol. The second-order valence-electron chi connectivity index (χ2n) is 8.54. The quantitative estimate of drug-likeness (QED) is 0.336. The molecule has 1 aromatic carbocycles. The van der Waals surface area contributed by atoms with Gasteiger partial charge >= 0.3 is 4.87 Å². The lowest BCUT2D eigenvalue weighted by atomic mass is 10.2. The maximum atomic E-state index is 14.5. The molecule has 1 saturated heterocycles. The van der Waals surface area contributed by atoms with Gasteiger partial charge in [0.05, 0.1) is 21.5 Å². The van der Waals surface area contributed by atoms with Crippen LogP contribution in [0.3, 0.4) is 0 Å². The van der Waals surface area contributed by atoms with Gasteiger partial charge in [0.2, 0.25) is 11.8 Å². The third-order valence-electron chi connectivity index (χ3n) is 6.45. The molecule has 184 valence electrons. The number of piperazine rings is 1. The summed E-state index contributed by atoms with van der Waals surface area (Å²) in [6.07, 6.45) is 1.55. The van der Waals surface area contributed by atoms with Crippen LogP contribution in [0.15, 0.2) is 45.8 Å². The van der Waals surface area contributed by atoms with Crippen molar-refractivity contribution in [1.82, 2.24) is 29.0 Å². The van der Waals surface area contributed by atoms with Gasteiger partial charge in [0.25, 0.3) is 0 Å². The van der Waals surface area contributed by atoms with Crippen LogP contribution in [-0.2, 0) is 6.54 Å². The van der Waals surface area contributed by atoms with Crippen molar-refractivity contribution < 1.29 is 8.81 Å². The van der Waals surface area contributed by atoms with Crippen molar-refractivity contribution in [3.8, 4) is 11.6 Å². The van der Waals surface area contributed by atoms with Crippen molar-refractivity contribution in [3.05, 3.63) is 52.1 Å². The molecule has 13 heteroatoms. The predicted molar refractivity (Wildman–Crippen MR) is 139 cm³/mol. The van der Waals surface area contributed by atoms with E-state index in [-0.39, 0.29) is 16.6 Å². The lowest BCUT2D eigenvalue weighted by Crippen LogP contribution is -2.47. The molecule has 2 radical (unpaired) electrons. The van der Waals surface area contributed by atoms with E-state index >= 15 is 0 Å². The Morgan fingerprint density at radius 2 is 1.97 bits per heavy atom. The minimum atomic E-state index is -0.162. The third-order valence-corrected chi connectivity index (χ3v) is 8.30. The average molecular weight is 523 g/mol. The van der Waals surface area contributed by atoms with Crippen molar-refractivity contribution in [2.24, 2.45) is 0 Å².